The molecular weight excluding hydrogens is 953 g/mol. The molecule has 0 radical (unpaired) electrons. The highest BCUT2D eigenvalue weighted by Gasteiger charge is 2.64. The average Bonchev–Trinajstić information content (AvgIpc) is 3.79. The average molecular weight is 1020 g/mol. The van der Waals surface area contributed by atoms with Gasteiger partial charge in [-0.15, -0.1) is 4.90 Å². The molecule has 0 saturated carbocycles. The van der Waals surface area contributed by atoms with Gasteiger partial charge < -0.3 is 23.1 Å². The SMILES string of the molecule is CC(C)(C)OC(=O)N(C(=O)OC(C)(C)C)c1nc(Cl)c2ncn([C@H]3O[C@H](CO[Si](c4ccccc4)(c4ccccc4)C(C)(C)C)C(O[Si](c4ccccc4)(c4ccccc4)C(C)(C)C)[C@@]3(F)Cl)c2n1. The Hall–Kier alpha value is -5.01. The highest BCUT2D eigenvalue weighted by Crippen LogP contribution is 2.51. The molecule has 4 aromatic carbocycles. The van der Waals surface area contributed by atoms with E-state index < -0.39 is 79.6 Å². The molecule has 6 aromatic rings. The van der Waals surface area contributed by atoms with Crippen molar-refractivity contribution in [2.24, 2.45) is 0 Å². The van der Waals surface area contributed by atoms with Gasteiger partial charge in [0.1, 0.15) is 28.9 Å². The second-order valence-corrected chi connectivity index (χ2v) is 30.8. The quantitative estimate of drug-likeness (QED) is 0.0703. The zero-order valence-electron chi connectivity index (χ0n) is 41.3. The third-order valence-corrected chi connectivity index (χ3v) is 22.6. The number of aromatic nitrogens is 4. The van der Waals surface area contributed by atoms with Crippen molar-refractivity contribution in [3.05, 3.63) is 133 Å². The largest absolute Gasteiger partial charge is 0.443 e. The number of carbonyl (C=O) groups is 2. The Kier molecular flexibility index (Phi) is 14.5. The first kappa shape index (κ1) is 51.8. The molecule has 7 rings (SSSR count). The predicted octanol–water partition coefficient (Wildman–Crippen LogP) is 10.5. The molecule has 69 heavy (non-hydrogen) atoms. The number of imidazole rings is 1. The highest BCUT2D eigenvalue weighted by molar-refractivity contribution is 7.00. The Labute approximate surface area is 416 Å². The molecule has 3 heterocycles. The lowest BCUT2D eigenvalue weighted by Crippen LogP contribution is -2.70. The lowest BCUT2D eigenvalue weighted by Gasteiger charge is -2.47. The second-order valence-electron chi connectivity index (χ2n) is 21.3. The van der Waals surface area contributed by atoms with Gasteiger partial charge in [0.05, 0.1) is 12.9 Å². The fourth-order valence-electron chi connectivity index (χ4n) is 9.09. The number of carbonyl (C=O) groups excluding carboxylic acids is 2. The minimum Gasteiger partial charge on any atom is -0.443 e. The Morgan fingerprint density at radius 1 is 0.681 bits per heavy atom. The first-order valence-corrected chi connectivity index (χ1v) is 27.5. The monoisotopic (exact) mass is 1010 g/mol. The van der Waals surface area contributed by atoms with Gasteiger partial charge in [0.25, 0.3) is 21.8 Å². The van der Waals surface area contributed by atoms with E-state index in [2.05, 4.69) is 80.8 Å². The second kappa shape index (κ2) is 19.3. The molecular formula is C52H62Cl2FN5O7Si2. The lowest BCUT2D eigenvalue weighted by atomic mass is 10.1. The van der Waals surface area contributed by atoms with Crippen LogP contribution in [0.25, 0.3) is 11.2 Å². The van der Waals surface area contributed by atoms with E-state index in [0.29, 0.717) is 4.90 Å². The van der Waals surface area contributed by atoms with Crippen LogP contribution in [0.15, 0.2) is 128 Å². The van der Waals surface area contributed by atoms with Gasteiger partial charge in [0, 0.05) is 0 Å². The summed E-state index contributed by atoms with van der Waals surface area (Å²) in [6.07, 6.45) is -5.33. The van der Waals surface area contributed by atoms with Crippen molar-refractivity contribution in [2.45, 2.75) is 128 Å². The molecule has 0 aliphatic carbocycles. The zero-order chi connectivity index (χ0) is 50.4. The standard InChI is InChI=1S/C52H62Cl2FN5O7Si2/c1-48(2,3)65-46(61)60(47(62)66-49(4,5)6)45-57-42(53)40-43(58-45)59(34-56-40)44-52(54,55)41(67-69(51(10,11)12,37-29-21-15-22-30-37)38-31-23-16-24-32-38)39(64-44)33-63-68(50(7,8)9,35-25-17-13-18-26-35)36-27-19-14-20-28-36/h13-32,34,39,41,44H,33H2,1-12H3/t39-,41?,44+,52+/m1/s1. The maximum absolute atomic E-state index is 18.9. The van der Waals surface area contributed by atoms with Crippen LogP contribution in [0.2, 0.25) is 15.2 Å². The summed E-state index contributed by atoms with van der Waals surface area (Å²) in [6, 6.07) is 40.0. The molecule has 2 amide bonds. The van der Waals surface area contributed by atoms with Crippen LogP contribution >= 0.6 is 23.2 Å². The Balaban J connectivity index is 1.43. The fourth-order valence-corrected chi connectivity index (χ4v) is 19.0. The predicted molar refractivity (Wildman–Crippen MR) is 275 cm³/mol. The highest BCUT2D eigenvalue weighted by atomic mass is 35.5. The summed E-state index contributed by atoms with van der Waals surface area (Å²) in [5.74, 6) is -0.513. The van der Waals surface area contributed by atoms with Crippen LogP contribution in [0.4, 0.5) is 19.9 Å². The van der Waals surface area contributed by atoms with Crippen LogP contribution in [0, 0.1) is 0 Å². The summed E-state index contributed by atoms with van der Waals surface area (Å²) >= 11 is 14.3. The smallest absolute Gasteiger partial charge is 0.427 e. The van der Waals surface area contributed by atoms with Gasteiger partial charge in [-0.2, -0.15) is 9.97 Å². The van der Waals surface area contributed by atoms with E-state index in [0.717, 1.165) is 20.7 Å². The van der Waals surface area contributed by atoms with Gasteiger partial charge in [-0.3, -0.25) is 4.57 Å². The normalized spacial score (nSPS) is 19.4. The zero-order valence-corrected chi connectivity index (χ0v) is 44.8. The number of fused-ring (bicyclic) bond motifs is 1. The molecule has 0 N–H and O–H groups in total. The number of imide groups is 1. The number of hydrogen-bond acceptors (Lipinski definition) is 10. The Bertz CT molecular complexity index is 2640. The number of rotatable bonds is 11. The van der Waals surface area contributed by atoms with Gasteiger partial charge in [0.15, 0.2) is 17.0 Å². The molecule has 0 spiro atoms. The van der Waals surface area contributed by atoms with Crippen molar-refractivity contribution in [3.8, 4) is 0 Å². The van der Waals surface area contributed by atoms with E-state index in [1.54, 1.807) is 41.5 Å². The van der Waals surface area contributed by atoms with Gasteiger partial charge in [-0.25, -0.2) is 19.0 Å². The molecule has 4 atom stereocenters. The topological polar surface area (TPSA) is 127 Å². The maximum Gasteiger partial charge on any atom is 0.427 e. The molecule has 0 bridgehead atoms. The van der Waals surface area contributed by atoms with Crippen LogP contribution in [0.3, 0.4) is 0 Å². The third kappa shape index (κ3) is 10.3. The van der Waals surface area contributed by atoms with Gasteiger partial charge in [0.2, 0.25) is 5.95 Å². The number of amides is 2. The van der Waals surface area contributed by atoms with E-state index in [4.69, 9.17) is 46.3 Å². The molecule has 2 aromatic heterocycles. The van der Waals surface area contributed by atoms with Crippen LogP contribution in [-0.2, 0) is 23.1 Å². The summed E-state index contributed by atoms with van der Waals surface area (Å²) in [7, 11) is -6.85. The van der Waals surface area contributed by atoms with Crippen molar-refractivity contribution in [3.63, 3.8) is 0 Å². The minimum absolute atomic E-state index is 0.0151. The molecule has 1 saturated heterocycles. The summed E-state index contributed by atoms with van der Waals surface area (Å²) in [5.41, 5.74) is -2.17. The fraction of sp³-hybridized carbons (Fsp3) is 0.404. The first-order chi connectivity index (χ1) is 32.2. The van der Waals surface area contributed by atoms with Crippen molar-refractivity contribution >= 4 is 89.9 Å². The van der Waals surface area contributed by atoms with Crippen LogP contribution in [-0.4, -0.2) is 83.5 Å². The van der Waals surface area contributed by atoms with Crippen LogP contribution < -0.4 is 25.6 Å². The van der Waals surface area contributed by atoms with E-state index >= 15 is 4.39 Å². The first-order valence-electron chi connectivity index (χ1n) is 22.9. The maximum atomic E-state index is 18.9. The van der Waals surface area contributed by atoms with Crippen LogP contribution in [0.5, 0.6) is 0 Å². The summed E-state index contributed by atoms with van der Waals surface area (Å²) in [4.78, 5) is 41.6. The van der Waals surface area contributed by atoms with E-state index in [1.165, 1.54) is 10.9 Å². The number of halogens is 3. The Morgan fingerprint density at radius 3 is 1.48 bits per heavy atom. The molecule has 1 aliphatic rings. The third-order valence-electron chi connectivity index (χ3n) is 11.9. The van der Waals surface area contributed by atoms with E-state index in [-0.39, 0.29) is 22.9 Å². The van der Waals surface area contributed by atoms with Crippen molar-refractivity contribution < 1.29 is 37.0 Å². The molecule has 17 heteroatoms. The number of benzene rings is 4. The number of nitrogens with zero attached hydrogens (tertiary/aromatic N) is 5. The summed E-state index contributed by atoms with van der Waals surface area (Å²) in [5, 5.41) is -0.357. The minimum atomic E-state index is -3.58. The van der Waals surface area contributed by atoms with Gasteiger partial charge in [-0.1, -0.05) is 186 Å². The van der Waals surface area contributed by atoms with Crippen LogP contribution in [0.1, 0.15) is 89.3 Å². The van der Waals surface area contributed by atoms with Gasteiger partial charge in [-0.05, 0) is 72.4 Å². The number of alkyl halides is 2. The number of ether oxygens (including phenoxy) is 3. The van der Waals surface area contributed by atoms with Crippen molar-refractivity contribution in [1.29, 1.82) is 0 Å². The number of anilines is 1. The molecule has 1 unspecified atom stereocenters. The Morgan fingerprint density at radius 2 is 1.09 bits per heavy atom. The van der Waals surface area contributed by atoms with Crippen molar-refractivity contribution in [1.82, 2.24) is 19.5 Å². The van der Waals surface area contributed by atoms with Gasteiger partial charge >= 0.3 is 12.2 Å². The molecule has 1 aliphatic heterocycles. The summed E-state index contributed by atoms with van der Waals surface area (Å²) in [6.45, 7) is 22.5. The lowest BCUT2D eigenvalue weighted by molar-refractivity contribution is -0.0444. The molecule has 366 valence electrons. The number of hydrogen-bond donors (Lipinski definition) is 0. The van der Waals surface area contributed by atoms with E-state index in [9.17, 15) is 9.59 Å². The van der Waals surface area contributed by atoms with Crippen molar-refractivity contribution in [2.75, 3.05) is 11.5 Å². The summed E-state index contributed by atoms with van der Waals surface area (Å²) < 4.78 is 53.5. The molecule has 12 nitrogen and oxygen atoms in total. The molecule has 1 fully saturated rings. The van der Waals surface area contributed by atoms with E-state index in [1.807, 2.05) is 97.1 Å².